The minimum absolute atomic E-state index is 0.118. The maximum absolute atomic E-state index is 13.0. The fourth-order valence-corrected chi connectivity index (χ4v) is 4.95. The van der Waals surface area contributed by atoms with Crippen LogP contribution < -0.4 is 10.9 Å². The van der Waals surface area contributed by atoms with Gasteiger partial charge in [0.1, 0.15) is 11.4 Å². The van der Waals surface area contributed by atoms with Crippen LogP contribution in [-0.2, 0) is 28.9 Å². The number of hydrogen-bond acceptors (Lipinski definition) is 6. The Morgan fingerprint density at radius 2 is 1.97 bits per heavy atom. The average molecular weight is 440 g/mol. The molecule has 0 spiro atoms. The molecular weight excluding hydrogens is 414 g/mol. The number of fused-ring (bicyclic) bond motifs is 3. The summed E-state index contributed by atoms with van der Waals surface area (Å²) >= 11 is 1.59. The van der Waals surface area contributed by atoms with Crippen LogP contribution in [-0.4, -0.2) is 28.0 Å². The molecular formula is C23H25N3O4S. The zero-order valence-corrected chi connectivity index (χ0v) is 18.3. The van der Waals surface area contributed by atoms with Crippen LogP contribution in [0.2, 0.25) is 0 Å². The van der Waals surface area contributed by atoms with Gasteiger partial charge in [0, 0.05) is 10.6 Å². The number of benzene rings is 1. The molecule has 0 fully saturated rings. The third kappa shape index (κ3) is 4.69. The number of rotatable bonds is 7. The minimum atomic E-state index is -0.378. The normalized spacial score (nSPS) is 13.1. The van der Waals surface area contributed by atoms with Gasteiger partial charge < -0.3 is 10.1 Å². The lowest BCUT2D eigenvalue weighted by Gasteiger charge is -2.11. The Kier molecular flexibility index (Phi) is 6.46. The van der Waals surface area contributed by atoms with Crippen molar-refractivity contribution in [2.24, 2.45) is 0 Å². The molecule has 7 nitrogen and oxygen atoms in total. The predicted molar refractivity (Wildman–Crippen MR) is 121 cm³/mol. The van der Waals surface area contributed by atoms with Gasteiger partial charge in [-0.15, -0.1) is 11.3 Å². The van der Waals surface area contributed by atoms with Crippen molar-refractivity contribution in [1.29, 1.82) is 0 Å². The molecule has 3 aromatic rings. The topological polar surface area (TPSA) is 90.3 Å². The number of amides is 1. The van der Waals surface area contributed by atoms with E-state index < -0.39 is 0 Å². The van der Waals surface area contributed by atoms with Gasteiger partial charge in [0.2, 0.25) is 5.91 Å². The summed E-state index contributed by atoms with van der Waals surface area (Å²) in [6.45, 7) is 2.31. The quantitative estimate of drug-likeness (QED) is 0.445. The van der Waals surface area contributed by atoms with Gasteiger partial charge >= 0.3 is 5.97 Å². The van der Waals surface area contributed by atoms with Crippen LogP contribution in [0.5, 0.6) is 0 Å². The van der Waals surface area contributed by atoms with E-state index in [-0.39, 0.29) is 24.0 Å². The number of aryl methyl sites for hydroxylation is 2. The number of carbonyl (C=O) groups excluding carboxylic acids is 2. The molecule has 0 radical (unpaired) electrons. The molecule has 1 aromatic carbocycles. The van der Waals surface area contributed by atoms with Crippen molar-refractivity contribution in [2.45, 2.75) is 52.0 Å². The number of hydrogen-bond donors (Lipinski definition) is 1. The first-order chi connectivity index (χ1) is 15.1. The highest BCUT2D eigenvalue weighted by molar-refractivity contribution is 7.18. The molecule has 31 heavy (non-hydrogen) atoms. The Hall–Kier alpha value is -3.00. The molecule has 2 heterocycles. The summed E-state index contributed by atoms with van der Waals surface area (Å²) in [5.41, 5.74) is 1.93. The molecule has 4 rings (SSSR count). The van der Waals surface area contributed by atoms with Crippen LogP contribution >= 0.6 is 11.3 Å². The number of aromatic nitrogens is 2. The van der Waals surface area contributed by atoms with Gasteiger partial charge in [-0.2, -0.15) is 0 Å². The second kappa shape index (κ2) is 9.43. The molecule has 0 saturated carbocycles. The van der Waals surface area contributed by atoms with Crippen molar-refractivity contribution < 1.29 is 14.3 Å². The smallest absolute Gasteiger partial charge is 0.338 e. The lowest BCUT2D eigenvalue weighted by Crippen LogP contribution is -2.28. The van der Waals surface area contributed by atoms with Crippen LogP contribution in [0.3, 0.4) is 0 Å². The lowest BCUT2D eigenvalue weighted by atomic mass is 9.97. The zero-order chi connectivity index (χ0) is 21.8. The second-order valence-electron chi connectivity index (χ2n) is 7.68. The van der Waals surface area contributed by atoms with Crippen molar-refractivity contribution >= 4 is 39.1 Å². The van der Waals surface area contributed by atoms with Crippen LogP contribution in [0.15, 0.2) is 35.4 Å². The molecule has 0 atom stereocenters. The van der Waals surface area contributed by atoms with Gasteiger partial charge in [0.25, 0.3) is 5.56 Å². The summed E-state index contributed by atoms with van der Waals surface area (Å²) in [6, 6.07) is 6.52. The van der Waals surface area contributed by atoms with Crippen LogP contribution in [0, 0.1) is 0 Å². The molecule has 0 aliphatic heterocycles. The average Bonchev–Trinajstić information content (AvgIpc) is 3.15. The SMILES string of the molecule is CCCCOC(=O)c1ccc(NC(=O)Cn2cnc3sc4c(c3c2=O)CCCC4)cc1. The molecule has 1 aliphatic carbocycles. The monoisotopic (exact) mass is 439 g/mol. The highest BCUT2D eigenvalue weighted by Gasteiger charge is 2.20. The zero-order valence-electron chi connectivity index (χ0n) is 17.5. The van der Waals surface area contributed by atoms with E-state index in [2.05, 4.69) is 10.3 Å². The Labute approximate surface area is 184 Å². The third-order valence-corrected chi connectivity index (χ3v) is 6.59. The van der Waals surface area contributed by atoms with Crippen molar-refractivity contribution in [1.82, 2.24) is 9.55 Å². The Bertz CT molecular complexity index is 1160. The van der Waals surface area contributed by atoms with E-state index in [1.807, 2.05) is 6.92 Å². The minimum Gasteiger partial charge on any atom is -0.462 e. The number of ether oxygens (including phenoxy) is 1. The molecule has 8 heteroatoms. The van der Waals surface area contributed by atoms with E-state index in [0.717, 1.165) is 48.9 Å². The van der Waals surface area contributed by atoms with Gasteiger partial charge in [0.05, 0.1) is 23.9 Å². The summed E-state index contributed by atoms with van der Waals surface area (Å²) in [5.74, 6) is -0.707. The summed E-state index contributed by atoms with van der Waals surface area (Å²) in [4.78, 5) is 43.9. The highest BCUT2D eigenvalue weighted by Crippen LogP contribution is 2.33. The first-order valence-corrected chi connectivity index (χ1v) is 11.4. The molecule has 162 valence electrons. The molecule has 2 aromatic heterocycles. The van der Waals surface area contributed by atoms with Crippen molar-refractivity contribution in [3.8, 4) is 0 Å². The maximum Gasteiger partial charge on any atom is 0.338 e. The number of anilines is 1. The fourth-order valence-electron chi connectivity index (χ4n) is 3.73. The van der Waals surface area contributed by atoms with E-state index >= 15 is 0 Å². The van der Waals surface area contributed by atoms with Crippen molar-refractivity contribution in [3.05, 3.63) is 57.0 Å². The van der Waals surface area contributed by atoms with Gasteiger partial charge in [-0.1, -0.05) is 13.3 Å². The first-order valence-electron chi connectivity index (χ1n) is 10.6. The standard InChI is InChI=1S/C23H25N3O4S/c1-2-3-12-30-23(29)15-8-10-16(11-9-15)25-19(27)13-26-14-24-21-20(22(26)28)17-6-4-5-7-18(17)31-21/h8-11,14H,2-7,12-13H2,1H3,(H,25,27). The van der Waals surface area contributed by atoms with Crippen LogP contribution in [0.4, 0.5) is 5.69 Å². The van der Waals surface area contributed by atoms with Gasteiger partial charge in [-0.3, -0.25) is 14.2 Å². The lowest BCUT2D eigenvalue weighted by molar-refractivity contribution is -0.116. The number of thiophene rings is 1. The predicted octanol–water partition coefficient (Wildman–Crippen LogP) is 3.93. The Balaban J connectivity index is 1.43. The summed E-state index contributed by atoms with van der Waals surface area (Å²) in [5, 5.41) is 3.43. The molecule has 1 amide bonds. The summed E-state index contributed by atoms with van der Waals surface area (Å²) in [6.07, 6.45) is 7.35. The largest absolute Gasteiger partial charge is 0.462 e. The van der Waals surface area contributed by atoms with Gasteiger partial charge in [-0.25, -0.2) is 9.78 Å². The molecule has 0 bridgehead atoms. The number of esters is 1. The van der Waals surface area contributed by atoms with Crippen molar-refractivity contribution in [2.75, 3.05) is 11.9 Å². The van der Waals surface area contributed by atoms with Gasteiger partial charge in [-0.05, 0) is 61.9 Å². The third-order valence-electron chi connectivity index (χ3n) is 5.39. The fraction of sp³-hybridized carbons (Fsp3) is 0.391. The summed E-state index contributed by atoms with van der Waals surface area (Å²) in [7, 11) is 0. The van der Waals surface area contributed by atoms with Crippen LogP contribution in [0.1, 0.15) is 53.4 Å². The highest BCUT2D eigenvalue weighted by atomic mass is 32.1. The van der Waals surface area contributed by atoms with Crippen molar-refractivity contribution in [3.63, 3.8) is 0 Å². The summed E-state index contributed by atoms with van der Waals surface area (Å²) < 4.78 is 6.54. The molecule has 1 N–H and O–H groups in total. The maximum atomic E-state index is 13.0. The Morgan fingerprint density at radius 3 is 2.74 bits per heavy atom. The molecule has 0 unspecified atom stereocenters. The number of nitrogens with zero attached hydrogens (tertiary/aromatic N) is 2. The number of unbranched alkanes of at least 4 members (excludes halogenated alkanes) is 1. The van der Waals surface area contributed by atoms with E-state index in [0.29, 0.717) is 23.2 Å². The van der Waals surface area contributed by atoms with E-state index in [1.54, 1.807) is 35.6 Å². The van der Waals surface area contributed by atoms with E-state index in [9.17, 15) is 14.4 Å². The second-order valence-corrected chi connectivity index (χ2v) is 8.77. The number of carbonyl (C=O) groups is 2. The Morgan fingerprint density at radius 1 is 1.19 bits per heavy atom. The molecule has 0 saturated heterocycles. The molecule has 1 aliphatic rings. The van der Waals surface area contributed by atoms with E-state index in [4.69, 9.17) is 4.74 Å². The number of nitrogens with one attached hydrogen (secondary N) is 1. The van der Waals surface area contributed by atoms with Crippen LogP contribution in [0.25, 0.3) is 10.2 Å². The van der Waals surface area contributed by atoms with Gasteiger partial charge in [0.15, 0.2) is 0 Å². The van der Waals surface area contributed by atoms with E-state index in [1.165, 1.54) is 15.8 Å². The first kappa shape index (κ1) is 21.2.